The smallest absolute Gasteiger partial charge is 0.342 e. The monoisotopic (exact) mass is 239 g/mol. The molecule has 0 heterocycles. The second kappa shape index (κ2) is 4.40. The molecular formula is C11H13NO5. The SMILES string of the molecule is CC(C)(C)Oc1ccc(C(=O)O)c([N+](=O)[O-])c1. The first kappa shape index (κ1) is 13.0. The Kier molecular flexibility index (Phi) is 3.36. The van der Waals surface area contributed by atoms with Gasteiger partial charge < -0.3 is 9.84 Å². The number of benzene rings is 1. The van der Waals surface area contributed by atoms with E-state index < -0.39 is 22.2 Å². The van der Waals surface area contributed by atoms with E-state index in [1.807, 2.05) is 0 Å². The number of aromatic carboxylic acids is 1. The zero-order valence-electron chi connectivity index (χ0n) is 9.76. The summed E-state index contributed by atoms with van der Waals surface area (Å²) in [5.74, 6) is -1.06. The number of hydrogen-bond acceptors (Lipinski definition) is 4. The molecule has 0 atom stereocenters. The highest BCUT2D eigenvalue weighted by atomic mass is 16.6. The normalized spacial score (nSPS) is 11.0. The first-order valence-electron chi connectivity index (χ1n) is 4.91. The van der Waals surface area contributed by atoms with Crippen LogP contribution in [0.3, 0.4) is 0 Å². The third-order valence-electron chi connectivity index (χ3n) is 1.82. The van der Waals surface area contributed by atoms with Gasteiger partial charge >= 0.3 is 5.97 Å². The molecule has 0 spiro atoms. The lowest BCUT2D eigenvalue weighted by molar-refractivity contribution is -0.385. The van der Waals surface area contributed by atoms with Gasteiger partial charge in [-0.15, -0.1) is 0 Å². The predicted octanol–water partition coefficient (Wildman–Crippen LogP) is 2.47. The molecule has 0 unspecified atom stereocenters. The van der Waals surface area contributed by atoms with Crippen molar-refractivity contribution in [1.29, 1.82) is 0 Å². The van der Waals surface area contributed by atoms with Crippen molar-refractivity contribution in [3.05, 3.63) is 33.9 Å². The summed E-state index contributed by atoms with van der Waals surface area (Å²) in [4.78, 5) is 20.8. The molecule has 1 rings (SSSR count). The van der Waals surface area contributed by atoms with Gasteiger partial charge in [0.2, 0.25) is 0 Å². The Morgan fingerprint density at radius 1 is 1.41 bits per heavy atom. The highest BCUT2D eigenvalue weighted by Crippen LogP contribution is 2.27. The van der Waals surface area contributed by atoms with E-state index in [1.54, 1.807) is 20.8 Å². The van der Waals surface area contributed by atoms with E-state index in [2.05, 4.69) is 0 Å². The van der Waals surface area contributed by atoms with Crippen LogP contribution in [-0.4, -0.2) is 21.6 Å². The minimum Gasteiger partial charge on any atom is -0.488 e. The average Bonchev–Trinajstić information content (AvgIpc) is 2.14. The van der Waals surface area contributed by atoms with Gasteiger partial charge in [0.15, 0.2) is 0 Å². The number of nitro groups is 1. The maximum absolute atomic E-state index is 10.8. The van der Waals surface area contributed by atoms with E-state index in [0.717, 1.165) is 6.07 Å². The zero-order chi connectivity index (χ0) is 13.2. The molecule has 0 saturated carbocycles. The van der Waals surface area contributed by atoms with Crippen LogP contribution in [0.25, 0.3) is 0 Å². The fourth-order valence-corrected chi connectivity index (χ4v) is 1.26. The molecular weight excluding hydrogens is 226 g/mol. The summed E-state index contributed by atoms with van der Waals surface area (Å²) in [6, 6.07) is 3.69. The van der Waals surface area contributed by atoms with Gasteiger partial charge in [0.25, 0.3) is 5.69 Å². The second-order valence-electron chi connectivity index (χ2n) is 4.46. The number of carboxylic acids is 1. The van der Waals surface area contributed by atoms with Gasteiger partial charge in [-0.05, 0) is 32.9 Å². The Bertz CT molecular complexity index is 461. The summed E-state index contributed by atoms with van der Waals surface area (Å²) in [6.45, 7) is 5.39. The Morgan fingerprint density at radius 2 is 2.00 bits per heavy atom. The van der Waals surface area contributed by atoms with Crippen LogP contribution in [0.15, 0.2) is 18.2 Å². The number of nitrogens with zero attached hydrogens (tertiary/aromatic N) is 1. The minimum absolute atomic E-state index is 0.272. The van der Waals surface area contributed by atoms with Crippen LogP contribution in [0.1, 0.15) is 31.1 Å². The number of nitro benzene ring substituents is 1. The van der Waals surface area contributed by atoms with Crippen molar-refractivity contribution >= 4 is 11.7 Å². The van der Waals surface area contributed by atoms with E-state index in [4.69, 9.17) is 9.84 Å². The lowest BCUT2D eigenvalue weighted by Crippen LogP contribution is -2.23. The van der Waals surface area contributed by atoms with Gasteiger partial charge in [-0.3, -0.25) is 10.1 Å². The molecule has 1 aromatic carbocycles. The van der Waals surface area contributed by atoms with E-state index in [0.29, 0.717) is 0 Å². The van der Waals surface area contributed by atoms with Gasteiger partial charge in [-0.1, -0.05) is 0 Å². The number of rotatable bonds is 3. The predicted molar refractivity (Wildman–Crippen MR) is 60.4 cm³/mol. The largest absolute Gasteiger partial charge is 0.488 e. The molecule has 1 N–H and O–H groups in total. The van der Waals surface area contributed by atoms with Crippen molar-refractivity contribution in [2.45, 2.75) is 26.4 Å². The standard InChI is InChI=1S/C11H13NO5/c1-11(2,3)17-7-4-5-8(10(13)14)9(6-7)12(15)16/h4-6H,1-3H3,(H,13,14). The number of hydrogen-bond donors (Lipinski definition) is 1. The summed E-state index contributed by atoms with van der Waals surface area (Å²) in [5, 5.41) is 19.5. The molecule has 6 heteroatoms. The molecule has 92 valence electrons. The average molecular weight is 239 g/mol. The first-order valence-corrected chi connectivity index (χ1v) is 4.91. The third kappa shape index (κ3) is 3.44. The highest BCUT2D eigenvalue weighted by molar-refractivity contribution is 5.92. The Morgan fingerprint density at radius 3 is 2.41 bits per heavy atom. The molecule has 0 fully saturated rings. The van der Waals surface area contributed by atoms with Crippen molar-refractivity contribution in [3.63, 3.8) is 0 Å². The van der Waals surface area contributed by atoms with Gasteiger partial charge in [-0.2, -0.15) is 0 Å². The fourth-order valence-electron chi connectivity index (χ4n) is 1.26. The summed E-state index contributed by atoms with van der Waals surface area (Å²) in [7, 11) is 0. The van der Waals surface area contributed by atoms with E-state index in [1.165, 1.54) is 12.1 Å². The summed E-state index contributed by atoms with van der Waals surface area (Å²) in [6.07, 6.45) is 0. The van der Waals surface area contributed by atoms with Crippen LogP contribution in [0.5, 0.6) is 5.75 Å². The minimum atomic E-state index is -1.33. The maximum Gasteiger partial charge on any atom is 0.342 e. The number of carbonyl (C=O) groups is 1. The second-order valence-corrected chi connectivity index (χ2v) is 4.46. The summed E-state index contributed by atoms with van der Waals surface area (Å²) >= 11 is 0. The molecule has 0 aliphatic heterocycles. The van der Waals surface area contributed by atoms with Gasteiger partial charge in [0, 0.05) is 0 Å². The van der Waals surface area contributed by atoms with Gasteiger partial charge in [-0.25, -0.2) is 4.79 Å². The van der Waals surface area contributed by atoms with Crippen LogP contribution in [0.2, 0.25) is 0 Å². The van der Waals surface area contributed by atoms with Crippen LogP contribution in [0, 0.1) is 10.1 Å². The van der Waals surface area contributed by atoms with E-state index >= 15 is 0 Å². The molecule has 0 aliphatic rings. The van der Waals surface area contributed by atoms with E-state index in [9.17, 15) is 14.9 Å². The molecule has 0 radical (unpaired) electrons. The molecule has 17 heavy (non-hydrogen) atoms. The van der Waals surface area contributed by atoms with Crippen molar-refractivity contribution in [1.82, 2.24) is 0 Å². The maximum atomic E-state index is 10.8. The van der Waals surface area contributed by atoms with Crippen molar-refractivity contribution in [3.8, 4) is 5.75 Å². The number of ether oxygens (including phenoxy) is 1. The van der Waals surface area contributed by atoms with Crippen LogP contribution in [0.4, 0.5) is 5.69 Å². The highest BCUT2D eigenvalue weighted by Gasteiger charge is 2.22. The Hall–Kier alpha value is -2.11. The lowest BCUT2D eigenvalue weighted by atomic mass is 10.1. The van der Waals surface area contributed by atoms with Crippen molar-refractivity contribution < 1.29 is 19.6 Å². The van der Waals surface area contributed by atoms with Crippen molar-refractivity contribution in [2.75, 3.05) is 0 Å². The van der Waals surface area contributed by atoms with Crippen LogP contribution < -0.4 is 4.74 Å². The molecule has 0 amide bonds. The van der Waals surface area contributed by atoms with Crippen LogP contribution >= 0.6 is 0 Å². The van der Waals surface area contributed by atoms with Gasteiger partial charge in [0.05, 0.1) is 11.0 Å². The molecule has 1 aromatic rings. The molecule has 0 aromatic heterocycles. The molecule has 6 nitrogen and oxygen atoms in total. The van der Waals surface area contributed by atoms with Gasteiger partial charge in [0.1, 0.15) is 16.9 Å². The third-order valence-corrected chi connectivity index (χ3v) is 1.82. The van der Waals surface area contributed by atoms with E-state index in [-0.39, 0.29) is 11.3 Å². The number of carboxylic acid groups (broad SMARTS) is 1. The molecule has 0 aliphatic carbocycles. The quantitative estimate of drug-likeness (QED) is 0.646. The molecule has 0 bridgehead atoms. The zero-order valence-corrected chi connectivity index (χ0v) is 9.76. The topological polar surface area (TPSA) is 89.7 Å². The first-order chi connectivity index (χ1) is 7.70. The lowest BCUT2D eigenvalue weighted by Gasteiger charge is -2.21. The summed E-state index contributed by atoms with van der Waals surface area (Å²) < 4.78 is 5.43. The fraction of sp³-hybridized carbons (Fsp3) is 0.364. The summed E-state index contributed by atoms with van der Waals surface area (Å²) in [5.41, 5.74) is -1.32. The Balaban J connectivity index is 3.19. The van der Waals surface area contributed by atoms with Crippen LogP contribution in [-0.2, 0) is 0 Å². The molecule has 0 saturated heterocycles. The Labute approximate surface area is 98.0 Å². The van der Waals surface area contributed by atoms with Crippen molar-refractivity contribution in [2.24, 2.45) is 0 Å².